The van der Waals surface area contributed by atoms with Gasteiger partial charge in [0.25, 0.3) is 0 Å². The summed E-state index contributed by atoms with van der Waals surface area (Å²) < 4.78 is 0. The van der Waals surface area contributed by atoms with Gasteiger partial charge in [-0.15, -0.1) is 24.9 Å². The average molecular weight is 903 g/mol. The second kappa shape index (κ2) is 17.1. The van der Waals surface area contributed by atoms with Gasteiger partial charge in [-0.1, -0.05) is 191 Å². The van der Waals surface area contributed by atoms with Crippen LogP contribution in [0.25, 0.3) is 28.5 Å². The van der Waals surface area contributed by atoms with Gasteiger partial charge >= 0.3 is 0 Å². The molecule has 2 N–H and O–H groups in total. The summed E-state index contributed by atoms with van der Waals surface area (Å²) in [4.78, 5) is 3.24. The molecule has 8 nitrogen and oxygen atoms in total. The van der Waals surface area contributed by atoms with E-state index < -0.39 is 16.2 Å². The van der Waals surface area contributed by atoms with Crippen molar-refractivity contribution in [2.24, 2.45) is 11.3 Å². The van der Waals surface area contributed by atoms with E-state index in [1.54, 1.807) is 9.59 Å². The number of nitrogens with zero attached hydrogens (tertiary/aromatic N) is 6. The number of phenols is 2. The second-order valence-electron chi connectivity index (χ2n) is 22.3. The van der Waals surface area contributed by atoms with Gasteiger partial charge in [-0.25, -0.2) is 0 Å². The van der Waals surface area contributed by atoms with E-state index in [2.05, 4.69) is 191 Å². The molecule has 0 saturated carbocycles. The van der Waals surface area contributed by atoms with Gasteiger partial charge in [-0.3, -0.25) is 0 Å². The first-order valence-electron chi connectivity index (χ1n) is 24.1. The largest absolute Gasteiger partial charge is 0.505 e. The van der Waals surface area contributed by atoms with Crippen LogP contribution in [0, 0.1) is 11.3 Å². The van der Waals surface area contributed by atoms with Crippen molar-refractivity contribution >= 4 is 17.1 Å². The van der Waals surface area contributed by atoms with Crippen molar-refractivity contribution in [2.75, 3.05) is 0 Å². The van der Waals surface area contributed by atoms with Crippen LogP contribution in [0.4, 0.5) is 0 Å². The number of aromatic hydroxyl groups is 2. The lowest BCUT2D eigenvalue weighted by Crippen LogP contribution is -2.31. The molecule has 2 aromatic heterocycles. The molecule has 8 heteroatoms. The van der Waals surface area contributed by atoms with Crippen molar-refractivity contribution in [3.8, 4) is 22.9 Å². The smallest absolute Gasteiger partial charge is 0.147 e. The Bertz CT molecular complexity index is 3140. The molecular formula is C60H66N6O2. The maximum atomic E-state index is 12.6. The Morgan fingerprint density at radius 1 is 0.515 bits per heavy atom. The highest BCUT2D eigenvalue weighted by molar-refractivity contribution is 5.74. The van der Waals surface area contributed by atoms with E-state index in [4.69, 9.17) is 20.4 Å². The zero-order chi connectivity index (χ0) is 48.4. The van der Waals surface area contributed by atoms with E-state index in [0.29, 0.717) is 17.3 Å². The molecule has 1 aliphatic carbocycles. The fraction of sp³-hybridized carbons (Fsp3) is 0.333. The molecule has 0 fully saturated rings. The number of fused-ring (bicyclic) bond motifs is 2. The third-order valence-electron chi connectivity index (χ3n) is 14.8. The molecular weight excluding hydrogens is 837 g/mol. The van der Waals surface area contributed by atoms with Crippen LogP contribution in [-0.4, -0.2) is 40.2 Å². The fourth-order valence-electron chi connectivity index (χ4n) is 10.9. The molecule has 6 aromatic carbocycles. The van der Waals surface area contributed by atoms with Gasteiger partial charge in [0.05, 0.1) is 5.69 Å². The Kier molecular flexibility index (Phi) is 11.6. The van der Waals surface area contributed by atoms with Crippen LogP contribution >= 0.6 is 0 Å². The second-order valence-corrected chi connectivity index (χ2v) is 22.3. The number of phenolic OH excluding ortho intramolecular Hbond substituents is 2. The van der Waals surface area contributed by atoms with E-state index in [0.717, 1.165) is 75.1 Å². The van der Waals surface area contributed by atoms with Gasteiger partial charge in [0.2, 0.25) is 0 Å². The summed E-state index contributed by atoms with van der Waals surface area (Å²) >= 11 is 0. The predicted molar refractivity (Wildman–Crippen MR) is 276 cm³/mol. The van der Waals surface area contributed by atoms with E-state index in [1.807, 2.05) is 30.3 Å². The first-order chi connectivity index (χ1) is 32.2. The fourth-order valence-corrected chi connectivity index (χ4v) is 10.9. The van der Waals surface area contributed by atoms with Gasteiger partial charge < -0.3 is 10.2 Å². The van der Waals surface area contributed by atoms with Crippen molar-refractivity contribution in [2.45, 2.75) is 117 Å². The van der Waals surface area contributed by atoms with Gasteiger partial charge in [-0.05, 0) is 99.7 Å². The summed E-state index contributed by atoms with van der Waals surface area (Å²) in [6, 6.07) is 46.1. The molecule has 1 unspecified atom stereocenters. The highest BCUT2D eigenvalue weighted by Gasteiger charge is 2.38. The van der Waals surface area contributed by atoms with Gasteiger partial charge in [0.15, 0.2) is 0 Å². The average Bonchev–Trinajstić information content (AvgIpc) is 3.93. The monoisotopic (exact) mass is 903 g/mol. The van der Waals surface area contributed by atoms with Crippen molar-refractivity contribution in [1.29, 1.82) is 0 Å². The van der Waals surface area contributed by atoms with Crippen LogP contribution in [0.3, 0.4) is 0 Å². The minimum absolute atomic E-state index is 0.172. The molecule has 0 spiro atoms. The first kappa shape index (κ1) is 46.3. The third-order valence-corrected chi connectivity index (χ3v) is 14.8. The molecule has 68 heavy (non-hydrogen) atoms. The Morgan fingerprint density at radius 2 is 1.01 bits per heavy atom. The Morgan fingerprint density at radius 3 is 1.63 bits per heavy atom. The number of hydrogen-bond donors (Lipinski definition) is 2. The number of benzene rings is 6. The maximum Gasteiger partial charge on any atom is 0.147 e. The summed E-state index contributed by atoms with van der Waals surface area (Å²) in [6.07, 6.45) is 6.65. The van der Waals surface area contributed by atoms with E-state index in [1.165, 1.54) is 11.1 Å². The van der Waals surface area contributed by atoms with Crippen LogP contribution in [0.5, 0.6) is 11.5 Å². The molecule has 0 amide bonds. The number of hydrogen-bond acceptors (Lipinski definition) is 6. The van der Waals surface area contributed by atoms with Crippen LogP contribution in [-0.2, 0) is 34.5 Å². The van der Waals surface area contributed by atoms with Crippen LogP contribution < -0.4 is 0 Å². The molecule has 0 radical (unpaired) electrons. The molecule has 0 saturated heterocycles. The Balaban J connectivity index is 1.10. The normalized spacial score (nSPS) is 14.7. The lowest BCUT2D eigenvalue weighted by molar-refractivity contribution is 0.253. The number of rotatable bonds is 13. The SMILES string of the molecule is CC1C=Cc2nn(-c3cc(C(C)(C)c4ccccc4)cc(C(C)(C)c4ccccc4CC(C)(C)CC(C)(C)c4cc(-n5nc6ccccc6n5)c(O)c(C(C)(C)c5ccccc5)c4)c3O)nc2C1. The molecule has 1 atom stereocenters. The lowest BCUT2D eigenvalue weighted by Gasteiger charge is -2.38. The molecule has 2 heterocycles. The van der Waals surface area contributed by atoms with Crippen molar-refractivity contribution in [3.63, 3.8) is 0 Å². The van der Waals surface area contributed by atoms with Gasteiger partial charge in [0, 0.05) is 27.4 Å². The summed E-state index contributed by atoms with van der Waals surface area (Å²) in [6.45, 7) is 24.8. The Labute approximate surface area is 402 Å². The van der Waals surface area contributed by atoms with Gasteiger partial charge in [0.1, 0.15) is 39.6 Å². The Hall–Kier alpha value is -6.80. The molecule has 1 aliphatic rings. The standard InChI is InChI=1S/C60H66N6O2/c1-39-30-31-50-51(32-39)64-66(63-50)53-36-44(58(6,7)41-23-14-12-15-24-41)34-47(55(53)68)60(10,11)45-27-19-18-22-40(45)37-56(2,3)38-57(4,5)43-33-46(59(8,9)42-25-16-13-17-26-42)54(67)52(35-43)65-61-48-28-20-21-29-49(48)62-65/h12-31,33-36,39,67-68H,32,37-38H2,1-11H3. The highest BCUT2D eigenvalue weighted by Crippen LogP contribution is 2.48. The summed E-state index contributed by atoms with van der Waals surface area (Å²) in [5, 5.41) is 44.4. The minimum atomic E-state index is -0.630. The molecule has 0 bridgehead atoms. The van der Waals surface area contributed by atoms with Crippen molar-refractivity contribution < 1.29 is 10.2 Å². The van der Waals surface area contributed by atoms with Crippen molar-refractivity contribution in [1.82, 2.24) is 30.0 Å². The minimum Gasteiger partial charge on any atom is -0.505 e. The molecule has 9 rings (SSSR count). The van der Waals surface area contributed by atoms with Gasteiger partial charge in [-0.2, -0.15) is 5.10 Å². The third kappa shape index (κ3) is 8.54. The summed E-state index contributed by atoms with van der Waals surface area (Å²) in [7, 11) is 0. The van der Waals surface area contributed by atoms with E-state index in [-0.39, 0.29) is 22.3 Å². The highest BCUT2D eigenvalue weighted by atomic mass is 16.3. The van der Waals surface area contributed by atoms with Crippen LogP contribution in [0.1, 0.15) is 138 Å². The van der Waals surface area contributed by atoms with E-state index in [9.17, 15) is 10.2 Å². The lowest BCUT2D eigenvalue weighted by atomic mass is 9.66. The molecule has 0 aliphatic heterocycles. The molecule has 8 aromatic rings. The number of aromatic nitrogens is 6. The van der Waals surface area contributed by atoms with Crippen LogP contribution in [0.15, 0.2) is 140 Å². The summed E-state index contributed by atoms with van der Waals surface area (Å²) in [5.74, 6) is 0.721. The zero-order valence-corrected chi connectivity index (χ0v) is 41.6. The topological polar surface area (TPSA) is 102 Å². The quantitative estimate of drug-likeness (QED) is 0.119. The van der Waals surface area contributed by atoms with Crippen molar-refractivity contribution in [3.05, 3.63) is 195 Å². The maximum absolute atomic E-state index is 12.6. The zero-order valence-electron chi connectivity index (χ0n) is 41.6. The van der Waals surface area contributed by atoms with Crippen LogP contribution in [0.2, 0.25) is 0 Å². The number of allylic oxidation sites excluding steroid dienone is 1. The first-order valence-corrected chi connectivity index (χ1v) is 24.1. The molecule has 348 valence electrons. The predicted octanol–water partition coefficient (Wildman–Crippen LogP) is 13.5. The van der Waals surface area contributed by atoms with E-state index >= 15 is 0 Å². The summed E-state index contributed by atoms with van der Waals surface area (Å²) in [5.41, 5.74) is 10.8.